The molecule has 0 amide bonds. The van der Waals surface area contributed by atoms with Gasteiger partial charge in [-0.05, 0) is 50.1 Å². The van der Waals surface area contributed by atoms with Gasteiger partial charge in [0.25, 0.3) is 0 Å². The van der Waals surface area contributed by atoms with E-state index in [1.807, 2.05) is 19.1 Å². The van der Waals surface area contributed by atoms with Gasteiger partial charge in [0.1, 0.15) is 5.58 Å². The summed E-state index contributed by atoms with van der Waals surface area (Å²) in [6, 6.07) is 7.27. The van der Waals surface area contributed by atoms with E-state index in [1.54, 1.807) is 6.07 Å². The number of benzene rings is 1. The molecule has 1 heterocycles. The molecule has 2 rings (SSSR count). The minimum absolute atomic E-state index is 0.307. The van der Waals surface area contributed by atoms with Crippen LogP contribution in [0.25, 0.3) is 11.0 Å². The summed E-state index contributed by atoms with van der Waals surface area (Å²) in [5.41, 5.74) is 7.85. The number of anilines is 1. The second kappa shape index (κ2) is 6.38. The summed E-state index contributed by atoms with van der Waals surface area (Å²) in [5, 5.41) is 4.34. The maximum atomic E-state index is 11.2. The van der Waals surface area contributed by atoms with E-state index in [2.05, 4.69) is 5.32 Å². The second-order valence-electron chi connectivity index (χ2n) is 4.74. The van der Waals surface area contributed by atoms with Crippen LogP contribution in [0, 0.1) is 6.92 Å². The van der Waals surface area contributed by atoms with Gasteiger partial charge in [0.05, 0.1) is 0 Å². The Morgan fingerprint density at radius 3 is 2.84 bits per heavy atom. The van der Waals surface area contributed by atoms with Gasteiger partial charge in [-0.15, -0.1) is 0 Å². The molecule has 0 aliphatic carbocycles. The molecule has 0 saturated carbocycles. The number of nitrogens with two attached hydrogens (primary N) is 1. The highest BCUT2D eigenvalue weighted by Crippen LogP contribution is 2.22. The maximum absolute atomic E-state index is 11.2. The largest absolute Gasteiger partial charge is 0.422 e. The van der Waals surface area contributed by atoms with Gasteiger partial charge in [0.15, 0.2) is 0 Å². The average molecular weight is 260 g/mol. The van der Waals surface area contributed by atoms with Gasteiger partial charge < -0.3 is 15.5 Å². The molecule has 3 N–H and O–H groups in total. The highest BCUT2D eigenvalue weighted by molar-refractivity contribution is 5.83. The Kier molecular flexibility index (Phi) is 4.58. The normalized spacial score (nSPS) is 10.8. The van der Waals surface area contributed by atoms with E-state index in [9.17, 15) is 4.79 Å². The molecule has 0 atom stereocenters. The molecule has 0 saturated heterocycles. The summed E-state index contributed by atoms with van der Waals surface area (Å²) in [4.78, 5) is 11.2. The Balaban J connectivity index is 2.08. The number of aryl methyl sites for hydroxylation is 1. The maximum Gasteiger partial charge on any atom is 0.336 e. The van der Waals surface area contributed by atoms with E-state index in [0.717, 1.165) is 49.0 Å². The molecule has 2 aromatic rings. The molecule has 0 aliphatic heterocycles. The van der Waals surface area contributed by atoms with Crippen molar-refractivity contribution in [2.45, 2.75) is 26.2 Å². The van der Waals surface area contributed by atoms with Crippen molar-refractivity contribution < 1.29 is 4.42 Å². The first-order valence-corrected chi connectivity index (χ1v) is 6.69. The zero-order chi connectivity index (χ0) is 13.7. The Labute approximate surface area is 112 Å². The predicted octanol–water partition coefficient (Wildman–Crippen LogP) is 2.64. The predicted molar refractivity (Wildman–Crippen MR) is 78.6 cm³/mol. The van der Waals surface area contributed by atoms with Crippen LogP contribution in [0.4, 0.5) is 5.69 Å². The zero-order valence-electron chi connectivity index (χ0n) is 11.2. The van der Waals surface area contributed by atoms with Crippen LogP contribution in [-0.2, 0) is 0 Å². The van der Waals surface area contributed by atoms with E-state index < -0.39 is 0 Å². The molecule has 1 aromatic carbocycles. The molecule has 0 bridgehead atoms. The van der Waals surface area contributed by atoms with E-state index in [1.165, 1.54) is 6.07 Å². The van der Waals surface area contributed by atoms with Gasteiger partial charge in [0, 0.05) is 23.7 Å². The summed E-state index contributed by atoms with van der Waals surface area (Å²) in [6.07, 6.45) is 3.33. The van der Waals surface area contributed by atoms with Gasteiger partial charge in [-0.25, -0.2) is 4.79 Å². The first kappa shape index (κ1) is 13.6. The van der Waals surface area contributed by atoms with Crippen LogP contribution in [0.2, 0.25) is 0 Å². The molecule has 0 aliphatic rings. The minimum Gasteiger partial charge on any atom is -0.422 e. The van der Waals surface area contributed by atoms with Crippen LogP contribution < -0.4 is 16.7 Å². The van der Waals surface area contributed by atoms with Crippen molar-refractivity contribution in [2.75, 3.05) is 18.4 Å². The third kappa shape index (κ3) is 3.58. The summed E-state index contributed by atoms with van der Waals surface area (Å²) in [7, 11) is 0. The molecule has 4 heteroatoms. The van der Waals surface area contributed by atoms with Crippen molar-refractivity contribution in [1.29, 1.82) is 0 Å². The number of hydrogen-bond acceptors (Lipinski definition) is 4. The molecular formula is C15H20N2O2. The van der Waals surface area contributed by atoms with E-state index >= 15 is 0 Å². The van der Waals surface area contributed by atoms with E-state index in [4.69, 9.17) is 10.2 Å². The molecule has 19 heavy (non-hydrogen) atoms. The number of unbranched alkanes of at least 4 members (excludes halogenated alkanes) is 2. The van der Waals surface area contributed by atoms with Crippen LogP contribution in [0.3, 0.4) is 0 Å². The lowest BCUT2D eigenvalue weighted by atomic mass is 10.1. The lowest BCUT2D eigenvalue weighted by molar-refractivity contribution is 0.559. The molecule has 1 aromatic heterocycles. The minimum atomic E-state index is -0.307. The molecule has 0 radical (unpaired) electrons. The zero-order valence-corrected chi connectivity index (χ0v) is 11.2. The topological polar surface area (TPSA) is 68.3 Å². The highest BCUT2D eigenvalue weighted by Gasteiger charge is 2.03. The molecular weight excluding hydrogens is 240 g/mol. The van der Waals surface area contributed by atoms with Crippen LogP contribution in [0.5, 0.6) is 0 Å². The summed E-state index contributed by atoms with van der Waals surface area (Å²) >= 11 is 0. The highest BCUT2D eigenvalue weighted by atomic mass is 16.4. The number of nitrogens with one attached hydrogen (secondary N) is 1. The van der Waals surface area contributed by atoms with Crippen molar-refractivity contribution in [3.8, 4) is 0 Å². The van der Waals surface area contributed by atoms with E-state index in [0.29, 0.717) is 5.58 Å². The Morgan fingerprint density at radius 2 is 2.05 bits per heavy atom. The second-order valence-corrected chi connectivity index (χ2v) is 4.74. The summed E-state index contributed by atoms with van der Waals surface area (Å²) in [5.74, 6) is 0. The third-order valence-corrected chi connectivity index (χ3v) is 3.12. The summed E-state index contributed by atoms with van der Waals surface area (Å²) in [6.45, 7) is 3.64. The van der Waals surface area contributed by atoms with Gasteiger partial charge in [-0.2, -0.15) is 0 Å². The first-order valence-electron chi connectivity index (χ1n) is 6.69. The SMILES string of the molecule is Cc1cc(NCCCCCN)cc2ccc(=O)oc12. The van der Waals surface area contributed by atoms with Crippen molar-refractivity contribution in [2.24, 2.45) is 5.73 Å². The fourth-order valence-corrected chi connectivity index (χ4v) is 2.14. The number of fused-ring (bicyclic) bond motifs is 1. The van der Waals surface area contributed by atoms with Gasteiger partial charge in [-0.3, -0.25) is 0 Å². The number of hydrogen-bond donors (Lipinski definition) is 2. The lowest BCUT2D eigenvalue weighted by Crippen LogP contribution is -2.04. The number of rotatable bonds is 6. The van der Waals surface area contributed by atoms with Crippen LogP contribution in [0.1, 0.15) is 24.8 Å². The lowest BCUT2D eigenvalue weighted by Gasteiger charge is -2.09. The Hall–Kier alpha value is -1.81. The fraction of sp³-hybridized carbons (Fsp3) is 0.400. The summed E-state index contributed by atoms with van der Waals surface area (Å²) < 4.78 is 5.21. The van der Waals surface area contributed by atoms with Crippen LogP contribution in [-0.4, -0.2) is 13.1 Å². The molecule has 0 fully saturated rings. The molecule has 0 unspecified atom stereocenters. The van der Waals surface area contributed by atoms with Crippen molar-refractivity contribution in [3.05, 3.63) is 40.2 Å². The Morgan fingerprint density at radius 1 is 1.21 bits per heavy atom. The van der Waals surface area contributed by atoms with Gasteiger partial charge in [0.2, 0.25) is 0 Å². The standard InChI is InChI=1S/C15H20N2O2/c1-11-9-13(17-8-4-2-3-7-16)10-12-5-6-14(18)19-15(11)12/h5-6,9-10,17H,2-4,7-8,16H2,1H3. The van der Waals surface area contributed by atoms with Crippen molar-refractivity contribution in [1.82, 2.24) is 0 Å². The quantitative estimate of drug-likeness (QED) is 0.619. The van der Waals surface area contributed by atoms with Crippen LogP contribution >= 0.6 is 0 Å². The first-order chi connectivity index (χ1) is 9.20. The smallest absolute Gasteiger partial charge is 0.336 e. The van der Waals surface area contributed by atoms with Gasteiger partial charge >= 0.3 is 5.63 Å². The Bertz CT molecular complexity index is 605. The van der Waals surface area contributed by atoms with Gasteiger partial charge in [-0.1, -0.05) is 6.42 Å². The van der Waals surface area contributed by atoms with Crippen molar-refractivity contribution in [3.63, 3.8) is 0 Å². The molecule has 4 nitrogen and oxygen atoms in total. The third-order valence-electron chi connectivity index (χ3n) is 3.12. The van der Waals surface area contributed by atoms with E-state index in [-0.39, 0.29) is 5.63 Å². The fourth-order valence-electron chi connectivity index (χ4n) is 2.14. The molecule has 0 spiro atoms. The average Bonchev–Trinajstić information content (AvgIpc) is 2.39. The molecule has 102 valence electrons. The van der Waals surface area contributed by atoms with Crippen molar-refractivity contribution >= 4 is 16.7 Å². The monoisotopic (exact) mass is 260 g/mol. The van der Waals surface area contributed by atoms with Crippen LogP contribution in [0.15, 0.2) is 33.5 Å².